The SMILES string of the molecule is CC(C)c1ccc(-c2nc(COC(=O)c3cc(Cl)c[nH]3)cs2)cc1. The Kier molecular flexibility index (Phi) is 5.02. The highest BCUT2D eigenvalue weighted by atomic mass is 35.5. The first-order valence-electron chi connectivity index (χ1n) is 7.58. The summed E-state index contributed by atoms with van der Waals surface area (Å²) in [5.74, 6) is 0.0598. The maximum atomic E-state index is 11.9. The Bertz CT molecular complexity index is 837. The van der Waals surface area contributed by atoms with Gasteiger partial charge in [-0.2, -0.15) is 0 Å². The molecule has 4 nitrogen and oxygen atoms in total. The first-order chi connectivity index (χ1) is 11.5. The van der Waals surface area contributed by atoms with E-state index in [-0.39, 0.29) is 6.61 Å². The molecule has 0 aliphatic heterocycles. The van der Waals surface area contributed by atoms with Crippen LogP contribution in [-0.2, 0) is 11.3 Å². The van der Waals surface area contributed by atoms with Gasteiger partial charge in [0.15, 0.2) is 0 Å². The molecule has 0 amide bonds. The second-order valence-electron chi connectivity index (χ2n) is 5.73. The summed E-state index contributed by atoms with van der Waals surface area (Å²) in [6, 6.07) is 9.93. The third-order valence-corrected chi connectivity index (χ3v) is 4.75. The summed E-state index contributed by atoms with van der Waals surface area (Å²) < 4.78 is 5.24. The fraction of sp³-hybridized carbons (Fsp3) is 0.222. The molecule has 24 heavy (non-hydrogen) atoms. The lowest BCUT2D eigenvalue weighted by Gasteiger charge is -2.05. The molecule has 0 unspecified atom stereocenters. The van der Waals surface area contributed by atoms with E-state index in [1.807, 2.05) is 5.38 Å². The highest BCUT2D eigenvalue weighted by Crippen LogP contribution is 2.26. The van der Waals surface area contributed by atoms with E-state index in [9.17, 15) is 4.79 Å². The number of H-pyrrole nitrogens is 1. The molecule has 0 bridgehead atoms. The molecular formula is C18H17ClN2O2S. The second-order valence-corrected chi connectivity index (χ2v) is 7.02. The van der Waals surface area contributed by atoms with Crippen molar-refractivity contribution < 1.29 is 9.53 Å². The molecule has 2 aromatic heterocycles. The van der Waals surface area contributed by atoms with Crippen molar-refractivity contribution in [3.8, 4) is 10.6 Å². The lowest BCUT2D eigenvalue weighted by Crippen LogP contribution is -2.05. The Labute approximate surface area is 149 Å². The van der Waals surface area contributed by atoms with Gasteiger partial charge in [-0.3, -0.25) is 0 Å². The Hall–Kier alpha value is -2.11. The molecule has 3 aromatic rings. The third-order valence-electron chi connectivity index (χ3n) is 3.59. The molecule has 2 heterocycles. The quantitative estimate of drug-likeness (QED) is 0.630. The van der Waals surface area contributed by atoms with Crippen LogP contribution >= 0.6 is 22.9 Å². The average Bonchev–Trinajstić information content (AvgIpc) is 3.22. The number of nitrogens with zero attached hydrogens (tertiary/aromatic N) is 1. The van der Waals surface area contributed by atoms with Crippen LogP contribution in [-0.4, -0.2) is 15.9 Å². The number of rotatable bonds is 5. The minimum absolute atomic E-state index is 0.135. The zero-order chi connectivity index (χ0) is 17.1. The number of ether oxygens (including phenoxy) is 1. The van der Waals surface area contributed by atoms with E-state index in [0.717, 1.165) is 16.3 Å². The monoisotopic (exact) mass is 360 g/mol. The normalized spacial score (nSPS) is 11.0. The first kappa shape index (κ1) is 16.7. The van der Waals surface area contributed by atoms with Crippen molar-refractivity contribution in [1.82, 2.24) is 9.97 Å². The minimum Gasteiger partial charge on any atom is -0.454 e. The number of aromatic amines is 1. The Balaban J connectivity index is 1.64. The molecule has 0 fully saturated rings. The fourth-order valence-corrected chi connectivity index (χ4v) is 3.19. The zero-order valence-electron chi connectivity index (χ0n) is 13.4. The predicted octanol–water partition coefficient (Wildman–Crippen LogP) is 5.27. The van der Waals surface area contributed by atoms with E-state index < -0.39 is 5.97 Å². The molecule has 124 valence electrons. The van der Waals surface area contributed by atoms with Gasteiger partial charge in [-0.05, 0) is 17.5 Å². The van der Waals surface area contributed by atoms with Gasteiger partial charge in [0.25, 0.3) is 0 Å². The second kappa shape index (κ2) is 7.20. The lowest BCUT2D eigenvalue weighted by atomic mass is 10.0. The summed E-state index contributed by atoms with van der Waals surface area (Å²) in [6.45, 7) is 4.47. The maximum absolute atomic E-state index is 11.9. The van der Waals surface area contributed by atoms with E-state index in [2.05, 4.69) is 48.1 Å². The molecule has 1 aromatic carbocycles. The zero-order valence-corrected chi connectivity index (χ0v) is 14.9. The van der Waals surface area contributed by atoms with Crippen LogP contribution in [0.1, 0.15) is 41.5 Å². The molecule has 0 saturated carbocycles. The molecule has 1 N–H and O–H groups in total. The van der Waals surface area contributed by atoms with Crippen LogP contribution < -0.4 is 0 Å². The molecular weight excluding hydrogens is 344 g/mol. The van der Waals surface area contributed by atoms with Crippen LogP contribution in [0.25, 0.3) is 10.6 Å². The summed E-state index contributed by atoms with van der Waals surface area (Å²) >= 11 is 7.31. The highest BCUT2D eigenvalue weighted by molar-refractivity contribution is 7.13. The van der Waals surface area contributed by atoms with Crippen molar-refractivity contribution in [2.45, 2.75) is 26.4 Å². The van der Waals surface area contributed by atoms with Gasteiger partial charge in [0.1, 0.15) is 17.3 Å². The summed E-state index contributed by atoms with van der Waals surface area (Å²) in [5, 5.41) is 3.29. The van der Waals surface area contributed by atoms with Gasteiger partial charge in [0.2, 0.25) is 0 Å². The van der Waals surface area contributed by atoms with E-state index in [0.29, 0.717) is 16.6 Å². The molecule has 0 aliphatic rings. The number of nitrogens with one attached hydrogen (secondary N) is 1. The van der Waals surface area contributed by atoms with Crippen LogP contribution in [0.4, 0.5) is 0 Å². The Morgan fingerprint density at radius 2 is 2.08 bits per heavy atom. The molecule has 0 spiro atoms. The van der Waals surface area contributed by atoms with Gasteiger partial charge in [-0.15, -0.1) is 11.3 Å². The van der Waals surface area contributed by atoms with Crippen molar-refractivity contribution >= 4 is 28.9 Å². The topological polar surface area (TPSA) is 55.0 Å². The summed E-state index contributed by atoms with van der Waals surface area (Å²) in [7, 11) is 0. The van der Waals surface area contributed by atoms with Crippen molar-refractivity contribution in [3.63, 3.8) is 0 Å². The average molecular weight is 361 g/mol. The molecule has 3 rings (SSSR count). The lowest BCUT2D eigenvalue weighted by molar-refractivity contribution is 0.0462. The molecule has 6 heteroatoms. The van der Waals surface area contributed by atoms with Crippen molar-refractivity contribution in [3.05, 3.63) is 63.9 Å². The van der Waals surface area contributed by atoms with E-state index >= 15 is 0 Å². The smallest absolute Gasteiger partial charge is 0.355 e. The largest absolute Gasteiger partial charge is 0.454 e. The number of carbonyl (C=O) groups excluding carboxylic acids is 1. The minimum atomic E-state index is -0.447. The number of benzene rings is 1. The molecule has 0 saturated heterocycles. The van der Waals surface area contributed by atoms with Gasteiger partial charge in [-0.25, -0.2) is 9.78 Å². The Morgan fingerprint density at radius 3 is 2.71 bits per heavy atom. The summed E-state index contributed by atoms with van der Waals surface area (Å²) in [5.41, 5.74) is 3.43. The van der Waals surface area contributed by atoms with Crippen LogP contribution in [0.2, 0.25) is 5.02 Å². The number of esters is 1. The van der Waals surface area contributed by atoms with E-state index in [1.165, 1.54) is 23.0 Å². The van der Waals surface area contributed by atoms with Crippen molar-refractivity contribution in [1.29, 1.82) is 0 Å². The van der Waals surface area contributed by atoms with Crippen LogP contribution in [0.15, 0.2) is 41.9 Å². The number of hydrogen-bond acceptors (Lipinski definition) is 4. The number of aromatic nitrogens is 2. The number of thiazole rings is 1. The van der Waals surface area contributed by atoms with Crippen LogP contribution in [0, 0.1) is 0 Å². The van der Waals surface area contributed by atoms with Gasteiger partial charge in [-0.1, -0.05) is 49.7 Å². The van der Waals surface area contributed by atoms with Gasteiger partial charge in [0.05, 0.1) is 10.7 Å². The van der Waals surface area contributed by atoms with Crippen LogP contribution in [0.3, 0.4) is 0 Å². The standard InChI is InChI=1S/C18H17ClN2O2S/c1-11(2)12-3-5-13(6-4-12)17-21-15(10-24-17)9-23-18(22)16-7-14(19)8-20-16/h3-8,10-11,20H,9H2,1-2H3. The Morgan fingerprint density at radius 1 is 1.33 bits per heavy atom. The molecule has 0 radical (unpaired) electrons. The summed E-state index contributed by atoms with van der Waals surface area (Å²) in [4.78, 5) is 19.2. The maximum Gasteiger partial charge on any atom is 0.355 e. The molecule has 0 aliphatic carbocycles. The van der Waals surface area contributed by atoms with Crippen molar-refractivity contribution in [2.75, 3.05) is 0 Å². The number of halogens is 1. The fourth-order valence-electron chi connectivity index (χ4n) is 2.22. The molecule has 0 atom stereocenters. The van der Waals surface area contributed by atoms with Gasteiger partial charge in [0, 0.05) is 17.1 Å². The van der Waals surface area contributed by atoms with Crippen LogP contribution in [0.5, 0.6) is 0 Å². The van der Waals surface area contributed by atoms with Gasteiger partial charge >= 0.3 is 5.97 Å². The van der Waals surface area contributed by atoms with E-state index in [1.54, 1.807) is 6.20 Å². The summed E-state index contributed by atoms with van der Waals surface area (Å²) in [6.07, 6.45) is 1.54. The third kappa shape index (κ3) is 3.86. The van der Waals surface area contributed by atoms with E-state index in [4.69, 9.17) is 16.3 Å². The number of carbonyl (C=O) groups is 1. The van der Waals surface area contributed by atoms with Crippen molar-refractivity contribution in [2.24, 2.45) is 0 Å². The predicted molar refractivity (Wildman–Crippen MR) is 96.6 cm³/mol. The first-order valence-corrected chi connectivity index (χ1v) is 8.84. The highest BCUT2D eigenvalue weighted by Gasteiger charge is 2.12. The van der Waals surface area contributed by atoms with Gasteiger partial charge < -0.3 is 9.72 Å². The number of hydrogen-bond donors (Lipinski definition) is 1.